The molecule has 0 aromatic heterocycles. The number of carbonyl (C=O) groups excluding carboxylic acids is 1. The van der Waals surface area contributed by atoms with Gasteiger partial charge in [-0.2, -0.15) is 0 Å². The second kappa shape index (κ2) is 4.23. The lowest BCUT2D eigenvalue weighted by Crippen LogP contribution is -2.37. The third-order valence-electron chi connectivity index (χ3n) is 2.13. The molecule has 0 radical (unpaired) electrons. The third-order valence-corrected chi connectivity index (χ3v) is 2.13. The monoisotopic (exact) mass is 187 g/mol. The van der Waals surface area contributed by atoms with Crippen LogP contribution in [0.25, 0.3) is 0 Å². The lowest BCUT2D eigenvalue weighted by Gasteiger charge is -2.12. The molecule has 0 saturated carbocycles. The quantitative estimate of drug-likeness (QED) is 0.631. The second-order valence-electron chi connectivity index (χ2n) is 3.08. The molecule has 1 fully saturated rings. The SMILES string of the molecule is CC1OCCC1C(=O)NCC(=O)O. The van der Waals surface area contributed by atoms with Crippen molar-refractivity contribution in [2.24, 2.45) is 5.92 Å². The molecule has 0 aliphatic carbocycles. The number of carboxylic acids is 1. The molecule has 0 aromatic carbocycles. The second-order valence-corrected chi connectivity index (χ2v) is 3.08. The number of amides is 1. The molecule has 13 heavy (non-hydrogen) atoms. The molecule has 5 heteroatoms. The minimum atomic E-state index is -1.03. The number of nitrogens with one attached hydrogen (secondary N) is 1. The topological polar surface area (TPSA) is 75.6 Å². The number of carbonyl (C=O) groups is 2. The van der Waals surface area contributed by atoms with Crippen LogP contribution >= 0.6 is 0 Å². The van der Waals surface area contributed by atoms with E-state index in [1.54, 1.807) is 0 Å². The van der Waals surface area contributed by atoms with Crippen molar-refractivity contribution in [2.75, 3.05) is 13.2 Å². The van der Waals surface area contributed by atoms with Crippen LogP contribution in [0.1, 0.15) is 13.3 Å². The van der Waals surface area contributed by atoms with Crippen LogP contribution in [-0.2, 0) is 14.3 Å². The molecule has 2 N–H and O–H groups in total. The summed E-state index contributed by atoms with van der Waals surface area (Å²) in [4.78, 5) is 21.5. The van der Waals surface area contributed by atoms with Crippen LogP contribution in [0.2, 0.25) is 0 Å². The summed E-state index contributed by atoms with van der Waals surface area (Å²) in [6.07, 6.45) is 0.570. The number of hydrogen-bond donors (Lipinski definition) is 2. The van der Waals surface area contributed by atoms with E-state index in [9.17, 15) is 9.59 Å². The van der Waals surface area contributed by atoms with Gasteiger partial charge in [-0.1, -0.05) is 0 Å². The van der Waals surface area contributed by atoms with E-state index in [1.807, 2.05) is 6.92 Å². The van der Waals surface area contributed by atoms with Crippen LogP contribution in [0.15, 0.2) is 0 Å². The Labute approximate surface area is 76.1 Å². The molecule has 1 rings (SSSR count). The first-order valence-electron chi connectivity index (χ1n) is 4.22. The Bertz CT molecular complexity index is 216. The summed E-state index contributed by atoms with van der Waals surface area (Å²) in [5.74, 6) is -1.45. The van der Waals surface area contributed by atoms with Crippen LogP contribution in [-0.4, -0.2) is 36.2 Å². The van der Waals surface area contributed by atoms with Gasteiger partial charge in [-0.25, -0.2) is 0 Å². The van der Waals surface area contributed by atoms with Crippen molar-refractivity contribution < 1.29 is 19.4 Å². The van der Waals surface area contributed by atoms with E-state index < -0.39 is 5.97 Å². The predicted molar refractivity (Wildman–Crippen MR) is 44.2 cm³/mol. The van der Waals surface area contributed by atoms with E-state index >= 15 is 0 Å². The van der Waals surface area contributed by atoms with Crippen LogP contribution in [0.4, 0.5) is 0 Å². The molecule has 0 aromatic rings. The molecule has 5 nitrogen and oxygen atoms in total. The van der Waals surface area contributed by atoms with Crippen molar-refractivity contribution in [1.29, 1.82) is 0 Å². The third kappa shape index (κ3) is 2.69. The van der Waals surface area contributed by atoms with Gasteiger partial charge in [0, 0.05) is 6.61 Å². The summed E-state index contributed by atoms with van der Waals surface area (Å²) in [5, 5.41) is 10.7. The molecule has 1 saturated heterocycles. The highest BCUT2D eigenvalue weighted by Crippen LogP contribution is 2.19. The first kappa shape index (κ1) is 9.98. The van der Waals surface area contributed by atoms with E-state index in [0.29, 0.717) is 13.0 Å². The molecule has 1 aliphatic heterocycles. The molecule has 1 aliphatic rings. The van der Waals surface area contributed by atoms with Gasteiger partial charge in [0.1, 0.15) is 6.54 Å². The summed E-state index contributed by atoms with van der Waals surface area (Å²) in [6, 6.07) is 0. The number of rotatable bonds is 3. The Hall–Kier alpha value is -1.10. The summed E-state index contributed by atoms with van der Waals surface area (Å²) in [7, 11) is 0. The molecule has 74 valence electrons. The summed E-state index contributed by atoms with van der Waals surface area (Å²) in [6.45, 7) is 2.08. The lowest BCUT2D eigenvalue weighted by atomic mass is 10.0. The van der Waals surface area contributed by atoms with E-state index in [-0.39, 0.29) is 24.5 Å². The molecule has 1 amide bonds. The summed E-state index contributed by atoms with van der Waals surface area (Å²) >= 11 is 0. The van der Waals surface area contributed by atoms with E-state index in [2.05, 4.69) is 5.32 Å². The van der Waals surface area contributed by atoms with Gasteiger partial charge in [-0.15, -0.1) is 0 Å². The average molecular weight is 187 g/mol. The number of hydrogen-bond acceptors (Lipinski definition) is 3. The van der Waals surface area contributed by atoms with E-state index in [0.717, 1.165) is 0 Å². The Morgan fingerprint density at radius 1 is 1.62 bits per heavy atom. The Balaban J connectivity index is 2.34. The van der Waals surface area contributed by atoms with Crippen molar-refractivity contribution >= 4 is 11.9 Å². The standard InChI is InChI=1S/C8H13NO4/c1-5-6(2-3-13-5)8(12)9-4-7(10)11/h5-6H,2-4H2,1H3,(H,9,12)(H,10,11). The Morgan fingerprint density at radius 2 is 2.31 bits per heavy atom. The smallest absolute Gasteiger partial charge is 0.322 e. The highest BCUT2D eigenvalue weighted by atomic mass is 16.5. The van der Waals surface area contributed by atoms with Crippen molar-refractivity contribution in [1.82, 2.24) is 5.32 Å². The van der Waals surface area contributed by atoms with Gasteiger partial charge in [0.25, 0.3) is 0 Å². The van der Waals surface area contributed by atoms with Gasteiger partial charge in [0.2, 0.25) is 5.91 Å². The maximum Gasteiger partial charge on any atom is 0.322 e. The molecule has 0 spiro atoms. The van der Waals surface area contributed by atoms with E-state index in [1.165, 1.54) is 0 Å². The molecule has 2 unspecified atom stereocenters. The zero-order chi connectivity index (χ0) is 9.84. The number of carboxylic acid groups (broad SMARTS) is 1. The fourth-order valence-corrected chi connectivity index (χ4v) is 1.37. The zero-order valence-electron chi connectivity index (χ0n) is 7.45. The van der Waals surface area contributed by atoms with Crippen molar-refractivity contribution in [2.45, 2.75) is 19.4 Å². The van der Waals surface area contributed by atoms with Gasteiger partial charge >= 0.3 is 5.97 Å². The summed E-state index contributed by atoms with van der Waals surface area (Å²) in [5.41, 5.74) is 0. The first-order valence-corrected chi connectivity index (χ1v) is 4.22. The maximum absolute atomic E-state index is 11.3. The predicted octanol–water partition coefficient (Wildman–Crippen LogP) is -0.388. The normalized spacial score (nSPS) is 27.2. The maximum atomic E-state index is 11.3. The van der Waals surface area contributed by atoms with Gasteiger partial charge in [-0.3, -0.25) is 9.59 Å². The lowest BCUT2D eigenvalue weighted by molar-refractivity contribution is -0.138. The number of aliphatic carboxylic acids is 1. The fourth-order valence-electron chi connectivity index (χ4n) is 1.37. The van der Waals surface area contributed by atoms with Crippen LogP contribution in [0.5, 0.6) is 0 Å². The van der Waals surface area contributed by atoms with Gasteiger partial charge < -0.3 is 15.2 Å². The van der Waals surface area contributed by atoms with Crippen LogP contribution in [0.3, 0.4) is 0 Å². The zero-order valence-corrected chi connectivity index (χ0v) is 7.45. The van der Waals surface area contributed by atoms with Crippen molar-refractivity contribution in [3.05, 3.63) is 0 Å². The molecule has 0 bridgehead atoms. The average Bonchev–Trinajstić information content (AvgIpc) is 2.47. The van der Waals surface area contributed by atoms with Gasteiger partial charge in [0.05, 0.1) is 12.0 Å². The first-order chi connectivity index (χ1) is 6.11. The Kier molecular flexibility index (Phi) is 3.25. The largest absolute Gasteiger partial charge is 0.480 e. The highest BCUT2D eigenvalue weighted by molar-refractivity contribution is 5.83. The fraction of sp³-hybridized carbons (Fsp3) is 0.750. The minimum Gasteiger partial charge on any atom is -0.480 e. The molecular weight excluding hydrogens is 174 g/mol. The molecular formula is C8H13NO4. The number of ether oxygens (including phenoxy) is 1. The van der Waals surface area contributed by atoms with E-state index in [4.69, 9.17) is 9.84 Å². The highest BCUT2D eigenvalue weighted by Gasteiger charge is 2.30. The van der Waals surface area contributed by atoms with Gasteiger partial charge in [0.15, 0.2) is 0 Å². The molecule has 1 heterocycles. The minimum absolute atomic E-state index is 0.103. The van der Waals surface area contributed by atoms with Crippen molar-refractivity contribution in [3.8, 4) is 0 Å². The van der Waals surface area contributed by atoms with Crippen LogP contribution in [0, 0.1) is 5.92 Å². The molecule has 2 atom stereocenters. The van der Waals surface area contributed by atoms with Crippen LogP contribution < -0.4 is 5.32 Å². The van der Waals surface area contributed by atoms with Gasteiger partial charge in [-0.05, 0) is 13.3 Å². The Morgan fingerprint density at radius 3 is 2.77 bits per heavy atom. The van der Waals surface area contributed by atoms with Crippen molar-refractivity contribution in [3.63, 3.8) is 0 Å². The summed E-state index contributed by atoms with van der Waals surface area (Å²) < 4.78 is 5.19.